The Morgan fingerprint density at radius 2 is 2.00 bits per heavy atom. The van der Waals surface area contributed by atoms with Crippen molar-refractivity contribution in [3.8, 4) is 23.8 Å². The van der Waals surface area contributed by atoms with Crippen molar-refractivity contribution in [1.82, 2.24) is 5.43 Å². The highest BCUT2D eigenvalue weighted by Gasteiger charge is 2.17. The molecule has 0 radical (unpaired) electrons. The van der Waals surface area contributed by atoms with Gasteiger partial charge in [0.15, 0.2) is 6.61 Å². The number of hydrazone groups is 1. The highest BCUT2D eigenvalue weighted by molar-refractivity contribution is 9.10. The summed E-state index contributed by atoms with van der Waals surface area (Å²) >= 11 is 7.32. The van der Waals surface area contributed by atoms with E-state index in [-0.39, 0.29) is 19.1 Å². The summed E-state index contributed by atoms with van der Waals surface area (Å²) in [5, 5.41) is 3.95. The van der Waals surface area contributed by atoms with Gasteiger partial charge in [0.25, 0.3) is 5.91 Å². The number of terminal acetylenes is 1. The largest absolute Gasteiger partial charge is 0.484 e. The molecule has 0 aromatic heterocycles. The van der Waals surface area contributed by atoms with Gasteiger partial charge in [-0.1, -0.05) is 18.1 Å². The fourth-order valence-corrected chi connectivity index (χ4v) is 5.84. The monoisotopic (exact) mass is 490 g/mol. The summed E-state index contributed by atoms with van der Waals surface area (Å²) in [7, 11) is 0. The van der Waals surface area contributed by atoms with E-state index in [2.05, 4.69) is 44.5 Å². The van der Waals surface area contributed by atoms with Crippen LogP contribution in [0.15, 0.2) is 52.0 Å². The van der Waals surface area contributed by atoms with Crippen LogP contribution in [0.1, 0.15) is 15.7 Å². The molecule has 8 heteroatoms. The Kier molecular flexibility index (Phi) is 8.35. The van der Waals surface area contributed by atoms with Crippen LogP contribution in [0.2, 0.25) is 0 Å². The minimum absolute atomic E-state index is 0.105. The molecule has 0 unspecified atom stereocenters. The number of ether oxygens (including phenoxy) is 2. The van der Waals surface area contributed by atoms with Gasteiger partial charge in [-0.15, -0.1) is 29.9 Å². The maximum absolute atomic E-state index is 11.9. The second-order valence-corrected chi connectivity index (χ2v) is 9.49. The number of hydrogen-bond acceptors (Lipinski definition) is 6. The Labute approximate surface area is 187 Å². The number of nitrogens with one attached hydrogen (secondary N) is 1. The van der Waals surface area contributed by atoms with Gasteiger partial charge in [0.1, 0.15) is 18.1 Å². The number of carbonyl (C=O) groups excluding carboxylic acids is 1. The Bertz CT molecular complexity index is 907. The molecule has 0 spiro atoms. The van der Waals surface area contributed by atoms with Crippen LogP contribution in [-0.2, 0) is 4.79 Å². The van der Waals surface area contributed by atoms with E-state index in [1.54, 1.807) is 12.3 Å². The average Bonchev–Trinajstić information content (AvgIpc) is 3.27. The van der Waals surface area contributed by atoms with Crippen LogP contribution in [0.3, 0.4) is 0 Å². The molecule has 1 heterocycles. The van der Waals surface area contributed by atoms with Crippen molar-refractivity contribution in [2.75, 3.05) is 24.7 Å². The molecule has 150 valence electrons. The van der Waals surface area contributed by atoms with Gasteiger partial charge in [-0.3, -0.25) is 4.79 Å². The molecule has 0 saturated carbocycles. The molecule has 0 atom stereocenters. The molecule has 1 N–H and O–H groups in total. The third kappa shape index (κ3) is 6.74. The SMILES string of the molecule is C#CCOc1ccc(/C=N\NC(=O)COc2ccc(C3SCCS3)cc2)cc1Br. The summed E-state index contributed by atoms with van der Waals surface area (Å²) in [4.78, 5) is 11.9. The Hall–Kier alpha value is -2.08. The fraction of sp³-hybridized carbons (Fsp3) is 0.238. The minimum Gasteiger partial charge on any atom is -0.484 e. The number of nitrogens with zero attached hydrogens (tertiary/aromatic N) is 1. The molecular weight excluding hydrogens is 472 g/mol. The van der Waals surface area contributed by atoms with E-state index >= 15 is 0 Å². The number of carbonyl (C=O) groups is 1. The second-order valence-electron chi connectivity index (χ2n) is 5.91. The van der Waals surface area contributed by atoms with Crippen LogP contribution < -0.4 is 14.9 Å². The lowest BCUT2D eigenvalue weighted by atomic mass is 10.2. The summed E-state index contributed by atoms with van der Waals surface area (Å²) in [6.45, 7) is 0.0928. The van der Waals surface area contributed by atoms with E-state index in [4.69, 9.17) is 15.9 Å². The molecule has 1 saturated heterocycles. The zero-order chi connectivity index (χ0) is 20.5. The van der Waals surface area contributed by atoms with Crippen molar-refractivity contribution in [1.29, 1.82) is 0 Å². The van der Waals surface area contributed by atoms with Crippen LogP contribution in [-0.4, -0.2) is 36.8 Å². The summed E-state index contributed by atoms with van der Waals surface area (Å²) in [6.07, 6.45) is 6.72. The summed E-state index contributed by atoms with van der Waals surface area (Å²) in [6, 6.07) is 13.3. The van der Waals surface area contributed by atoms with E-state index in [1.807, 2.05) is 47.8 Å². The van der Waals surface area contributed by atoms with Gasteiger partial charge in [0.05, 0.1) is 15.3 Å². The second kappa shape index (κ2) is 11.2. The van der Waals surface area contributed by atoms with E-state index in [0.717, 1.165) is 10.0 Å². The third-order valence-corrected chi connectivity index (χ3v) is 7.54. The van der Waals surface area contributed by atoms with Crippen LogP contribution in [0.5, 0.6) is 11.5 Å². The number of thioether (sulfide) groups is 2. The van der Waals surface area contributed by atoms with Crippen molar-refractivity contribution in [3.63, 3.8) is 0 Å². The van der Waals surface area contributed by atoms with Gasteiger partial charge in [0.2, 0.25) is 0 Å². The third-order valence-electron chi connectivity index (χ3n) is 3.81. The molecule has 0 aliphatic carbocycles. The lowest BCUT2D eigenvalue weighted by Gasteiger charge is -2.10. The van der Waals surface area contributed by atoms with Gasteiger partial charge in [-0.25, -0.2) is 5.43 Å². The predicted octanol–water partition coefficient (Wildman–Crippen LogP) is 4.47. The van der Waals surface area contributed by atoms with E-state index < -0.39 is 0 Å². The summed E-state index contributed by atoms with van der Waals surface area (Å²) in [5.74, 6) is 5.77. The Morgan fingerprint density at radius 3 is 2.69 bits per heavy atom. The first-order valence-electron chi connectivity index (χ1n) is 8.79. The number of amides is 1. The highest BCUT2D eigenvalue weighted by atomic mass is 79.9. The molecule has 1 fully saturated rings. The Morgan fingerprint density at radius 1 is 1.24 bits per heavy atom. The van der Waals surface area contributed by atoms with Crippen LogP contribution in [0, 0.1) is 12.3 Å². The van der Waals surface area contributed by atoms with Crippen LogP contribution >= 0.6 is 39.5 Å². The highest BCUT2D eigenvalue weighted by Crippen LogP contribution is 2.45. The zero-order valence-corrected chi connectivity index (χ0v) is 18.7. The van der Waals surface area contributed by atoms with Crippen molar-refractivity contribution in [2.24, 2.45) is 5.10 Å². The molecule has 1 aliphatic rings. The smallest absolute Gasteiger partial charge is 0.277 e. The molecule has 29 heavy (non-hydrogen) atoms. The number of hydrogen-bond donors (Lipinski definition) is 1. The standard InChI is InChI=1S/C21H19BrN2O3S2/c1-2-9-26-19-8-3-15(12-18(19)22)13-23-24-20(25)14-27-17-6-4-16(5-7-17)21-28-10-11-29-21/h1,3-8,12-13,21H,9-11,14H2,(H,24,25)/b23-13-. The first-order valence-corrected chi connectivity index (χ1v) is 11.7. The van der Waals surface area contributed by atoms with Crippen molar-refractivity contribution in [2.45, 2.75) is 4.58 Å². The van der Waals surface area contributed by atoms with Gasteiger partial charge in [0, 0.05) is 11.5 Å². The Balaban J connectivity index is 1.43. The number of benzene rings is 2. The quantitative estimate of drug-likeness (QED) is 0.336. The molecule has 0 bridgehead atoms. The van der Waals surface area contributed by atoms with Crippen LogP contribution in [0.4, 0.5) is 0 Å². The maximum atomic E-state index is 11.9. The van der Waals surface area contributed by atoms with E-state index in [9.17, 15) is 4.79 Å². The van der Waals surface area contributed by atoms with E-state index in [0.29, 0.717) is 16.1 Å². The van der Waals surface area contributed by atoms with Gasteiger partial charge in [-0.05, 0) is 57.4 Å². The molecule has 2 aromatic carbocycles. The first-order chi connectivity index (χ1) is 14.2. The minimum atomic E-state index is -0.333. The fourth-order valence-electron chi connectivity index (χ4n) is 2.47. The van der Waals surface area contributed by atoms with Crippen LogP contribution in [0.25, 0.3) is 0 Å². The van der Waals surface area contributed by atoms with Gasteiger partial charge >= 0.3 is 0 Å². The molecule has 2 aromatic rings. The van der Waals surface area contributed by atoms with Crippen molar-refractivity contribution in [3.05, 3.63) is 58.1 Å². The summed E-state index contributed by atoms with van der Waals surface area (Å²) < 4.78 is 12.2. The lowest BCUT2D eigenvalue weighted by Crippen LogP contribution is -2.24. The van der Waals surface area contributed by atoms with E-state index in [1.165, 1.54) is 17.1 Å². The first kappa shape index (κ1) is 21.6. The molecule has 1 amide bonds. The maximum Gasteiger partial charge on any atom is 0.277 e. The molecule has 5 nitrogen and oxygen atoms in total. The topological polar surface area (TPSA) is 59.9 Å². The normalized spacial score (nSPS) is 13.9. The van der Waals surface area contributed by atoms with Crippen molar-refractivity contribution >= 4 is 51.6 Å². The van der Waals surface area contributed by atoms with Crippen molar-refractivity contribution < 1.29 is 14.3 Å². The average molecular weight is 491 g/mol. The number of rotatable bonds is 8. The van der Waals surface area contributed by atoms with Gasteiger partial charge in [-0.2, -0.15) is 5.10 Å². The molecular formula is C21H19BrN2O3S2. The zero-order valence-electron chi connectivity index (χ0n) is 15.5. The van der Waals surface area contributed by atoms with Gasteiger partial charge < -0.3 is 9.47 Å². The molecule has 1 aliphatic heterocycles. The predicted molar refractivity (Wildman–Crippen MR) is 124 cm³/mol. The lowest BCUT2D eigenvalue weighted by molar-refractivity contribution is -0.123. The number of halogens is 1. The molecule has 3 rings (SSSR count). The summed E-state index contributed by atoms with van der Waals surface area (Å²) in [5.41, 5.74) is 4.53.